The lowest BCUT2D eigenvalue weighted by Crippen LogP contribution is -2.22. The minimum atomic E-state index is -2.56. The molecule has 0 radical (unpaired) electrons. The van der Waals surface area contributed by atoms with E-state index in [0.717, 1.165) is 0 Å². The van der Waals surface area contributed by atoms with Crippen molar-refractivity contribution >= 4 is 8.25 Å². The Kier molecular flexibility index (Phi) is 7.54. The van der Waals surface area contributed by atoms with Gasteiger partial charge in [0.25, 0.3) is 0 Å². The number of hydrogen-bond donors (Lipinski definition) is 1. The molecule has 1 unspecified atom stereocenters. The van der Waals surface area contributed by atoms with Crippen LogP contribution in [0.15, 0.2) is 0 Å². The maximum Gasteiger partial charge on any atom is 0.694 e. The molecule has 0 fully saturated rings. The Balaban J connectivity index is 3.54. The summed E-state index contributed by atoms with van der Waals surface area (Å²) in [4.78, 5) is 8.31. The maximum atomic E-state index is 10.1. The van der Waals surface area contributed by atoms with Gasteiger partial charge < -0.3 is 9.47 Å². The van der Waals surface area contributed by atoms with Gasteiger partial charge in [-0.1, -0.05) is 0 Å². The van der Waals surface area contributed by atoms with Crippen LogP contribution in [-0.2, 0) is 18.6 Å². The molecule has 0 bridgehead atoms. The SMILES string of the molecule is CCOC(CO[P+](=O)O)OCC. The largest absolute Gasteiger partial charge is 0.694 e. The highest BCUT2D eigenvalue weighted by atomic mass is 31.1. The summed E-state index contributed by atoms with van der Waals surface area (Å²) < 4.78 is 24.6. The van der Waals surface area contributed by atoms with Gasteiger partial charge in [0.15, 0.2) is 12.9 Å². The fourth-order valence-corrected chi connectivity index (χ4v) is 0.890. The second kappa shape index (κ2) is 7.58. The lowest BCUT2D eigenvalue weighted by molar-refractivity contribution is -0.152. The van der Waals surface area contributed by atoms with E-state index in [-0.39, 0.29) is 6.61 Å². The topological polar surface area (TPSA) is 65.0 Å². The minimum absolute atomic E-state index is 0.0205. The Morgan fingerprint density at radius 2 is 1.83 bits per heavy atom. The van der Waals surface area contributed by atoms with Crippen LogP contribution in [0.3, 0.4) is 0 Å². The second-order valence-electron chi connectivity index (χ2n) is 1.87. The standard InChI is InChI=1S/C6H13O5P/c1-3-9-6(10-4-2)5-11-12(7)8/h6H,3-5H2,1-2H3/p+1. The van der Waals surface area contributed by atoms with E-state index in [0.29, 0.717) is 13.2 Å². The molecule has 1 atom stereocenters. The van der Waals surface area contributed by atoms with Crippen LogP contribution in [-0.4, -0.2) is 31.0 Å². The zero-order valence-corrected chi connectivity index (χ0v) is 8.12. The highest BCUT2D eigenvalue weighted by Crippen LogP contribution is 2.15. The maximum absolute atomic E-state index is 10.1. The van der Waals surface area contributed by atoms with E-state index < -0.39 is 14.5 Å². The third-order valence-electron chi connectivity index (χ3n) is 1.03. The van der Waals surface area contributed by atoms with Crippen LogP contribution < -0.4 is 0 Å². The third kappa shape index (κ3) is 6.64. The van der Waals surface area contributed by atoms with Crippen molar-refractivity contribution in [3.05, 3.63) is 0 Å². The fourth-order valence-electron chi connectivity index (χ4n) is 0.641. The van der Waals surface area contributed by atoms with Crippen LogP contribution in [0, 0.1) is 0 Å². The Labute approximate surface area is 72.6 Å². The summed E-state index contributed by atoms with van der Waals surface area (Å²) in [6.07, 6.45) is -0.550. The van der Waals surface area contributed by atoms with E-state index in [9.17, 15) is 4.57 Å². The van der Waals surface area contributed by atoms with E-state index in [1.165, 1.54) is 0 Å². The van der Waals surface area contributed by atoms with Crippen molar-refractivity contribution in [2.24, 2.45) is 0 Å². The van der Waals surface area contributed by atoms with Crippen LogP contribution in [0.25, 0.3) is 0 Å². The lowest BCUT2D eigenvalue weighted by Gasteiger charge is -2.12. The predicted octanol–water partition coefficient (Wildman–Crippen LogP) is 1.05. The number of ether oxygens (including phenoxy) is 2. The Morgan fingerprint density at radius 3 is 2.17 bits per heavy atom. The van der Waals surface area contributed by atoms with E-state index in [1.807, 2.05) is 13.8 Å². The van der Waals surface area contributed by atoms with Crippen LogP contribution in [0.4, 0.5) is 0 Å². The first-order valence-corrected chi connectivity index (χ1v) is 4.86. The molecule has 0 rings (SSSR count). The molecule has 0 aromatic rings. The van der Waals surface area contributed by atoms with Crippen molar-refractivity contribution in [1.82, 2.24) is 0 Å². The Bertz CT molecular complexity index is 123. The normalized spacial score (nSPS) is 12.2. The number of rotatable bonds is 7. The van der Waals surface area contributed by atoms with Gasteiger partial charge in [-0.15, -0.1) is 9.42 Å². The molecule has 0 aliphatic heterocycles. The summed E-state index contributed by atoms with van der Waals surface area (Å²) >= 11 is 0. The molecule has 1 N–H and O–H groups in total. The summed E-state index contributed by atoms with van der Waals surface area (Å²) in [6.45, 7) is 4.57. The van der Waals surface area contributed by atoms with Crippen molar-refractivity contribution in [3.63, 3.8) is 0 Å². The van der Waals surface area contributed by atoms with Gasteiger partial charge in [-0.3, -0.25) is 0 Å². The van der Waals surface area contributed by atoms with E-state index >= 15 is 0 Å². The third-order valence-corrected chi connectivity index (χ3v) is 1.40. The van der Waals surface area contributed by atoms with Crippen molar-refractivity contribution in [3.8, 4) is 0 Å². The monoisotopic (exact) mass is 197 g/mol. The molecule has 5 nitrogen and oxygen atoms in total. The molecular weight excluding hydrogens is 183 g/mol. The van der Waals surface area contributed by atoms with Gasteiger partial charge in [0, 0.05) is 17.8 Å². The summed E-state index contributed by atoms with van der Waals surface area (Å²) in [5.74, 6) is 0. The van der Waals surface area contributed by atoms with E-state index in [1.54, 1.807) is 0 Å². The number of hydrogen-bond acceptors (Lipinski definition) is 4. The minimum Gasteiger partial charge on any atom is -0.350 e. The van der Waals surface area contributed by atoms with Crippen LogP contribution in [0.1, 0.15) is 13.8 Å². The molecule has 0 saturated heterocycles. The first-order valence-electron chi connectivity index (χ1n) is 3.73. The van der Waals surface area contributed by atoms with Gasteiger partial charge in [0.1, 0.15) is 0 Å². The molecule has 72 valence electrons. The van der Waals surface area contributed by atoms with Crippen LogP contribution in [0.2, 0.25) is 0 Å². The first kappa shape index (κ1) is 11.9. The molecule has 6 heteroatoms. The summed E-state index contributed by atoms with van der Waals surface area (Å²) in [5.41, 5.74) is 0. The molecule has 0 saturated carbocycles. The van der Waals surface area contributed by atoms with Crippen molar-refractivity contribution in [2.75, 3.05) is 19.8 Å². The van der Waals surface area contributed by atoms with Gasteiger partial charge in [0.2, 0.25) is 0 Å². The second-order valence-corrected chi connectivity index (χ2v) is 2.61. The predicted molar refractivity (Wildman–Crippen MR) is 42.8 cm³/mol. The zero-order chi connectivity index (χ0) is 9.40. The highest BCUT2D eigenvalue weighted by molar-refractivity contribution is 7.32. The van der Waals surface area contributed by atoms with Gasteiger partial charge in [-0.05, 0) is 13.8 Å². The average molecular weight is 197 g/mol. The van der Waals surface area contributed by atoms with Gasteiger partial charge in [-0.2, -0.15) is 0 Å². The molecule has 0 heterocycles. The Hall–Kier alpha value is -0.0600. The van der Waals surface area contributed by atoms with Gasteiger partial charge in [-0.25, -0.2) is 0 Å². The molecule has 0 aliphatic rings. The average Bonchev–Trinajstić information content (AvgIpc) is 2.01. The molecule has 0 aromatic carbocycles. The van der Waals surface area contributed by atoms with E-state index in [2.05, 4.69) is 4.52 Å². The molecular formula is C6H14O5P+. The summed E-state index contributed by atoms with van der Waals surface area (Å²) in [7, 11) is -2.56. The van der Waals surface area contributed by atoms with Crippen LogP contribution in [0.5, 0.6) is 0 Å². The fraction of sp³-hybridized carbons (Fsp3) is 1.00. The zero-order valence-electron chi connectivity index (χ0n) is 7.23. The van der Waals surface area contributed by atoms with Gasteiger partial charge in [0.05, 0.1) is 0 Å². The Morgan fingerprint density at radius 1 is 1.33 bits per heavy atom. The molecule has 0 aliphatic carbocycles. The summed E-state index contributed by atoms with van der Waals surface area (Å²) in [6, 6.07) is 0. The lowest BCUT2D eigenvalue weighted by atomic mass is 10.6. The van der Waals surface area contributed by atoms with E-state index in [4.69, 9.17) is 14.4 Å². The molecule has 12 heavy (non-hydrogen) atoms. The molecule has 0 spiro atoms. The molecule has 0 amide bonds. The van der Waals surface area contributed by atoms with Crippen molar-refractivity contribution in [1.29, 1.82) is 0 Å². The van der Waals surface area contributed by atoms with Crippen molar-refractivity contribution in [2.45, 2.75) is 20.1 Å². The highest BCUT2D eigenvalue weighted by Gasteiger charge is 2.18. The smallest absolute Gasteiger partial charge is 0.350 e. The van der Waals surface area contributed by atoms with Gasteiger partial charge >= 0.3 is 8.25 Å². The van der Waals surface area contributed by atoms with Crippen molar-refractivity contribution < 1.29 is 23.5 Å². The van der Waals surface area contributed by atoms with Crippen LogP contribution >= 0.6 is 8.25 Å². The quantitative estimate of drug-likeness (QED) is 0.488. The molecule has 0 aromatic heterocycles. The first-order chi connectivity index (χ1) is 5.70. The summed E-state index contributed by atoms with van der Waals surface area (Å²) in [5, 5.41) is 0.